The van der Waals surface area contributed by atoms with Crippen molar-refractivity contribution in [1.82, 2.24) is 0 Å². The summed E-state index contributed by atoms with van der Waals surface area (Å²) < 4.78 is 5.23. The first-order valence-corrected chi connectivity index (χ1v) is 8.23. The Morgan fingerprint density at radius 1 is 1.12 bits per heavy atom. The van der Waals surface area contributed by atoms with Crippen LogP contribution in [0.2, 0.25) is 5.02 Å². The lowest BCUT2D eigenvalue weighted by Crippen LogP contribution is -2.17. The molecule has 2 rings (SSSR count). The smallest absolute Gasteiger partial charge is 0.226 e. The van der Waals surface area contributed by atoms with Gasteiger partial charge < -0.3 is 15.4 Å². The Morgan fingerprint density at radius 3 is 2.42 bits per heavy atom. The number of nitrogens with one attached hydrogen (secondary N) is 2. The van der Waals surface area contributed by atoms with Gasteiger partial charge in [0.2, 0.25) is 5.91 Å². The summed E-state index contributed by atoms with van der Waals surface area (Å²) in [5.41, 5.74) is 5.28. The first-order valence-electron chi connectivity index (χ1n) is 7.86. The highest BCUT2D eigenvalue weighted by molar-refractivity contribution is 6.31. The Morgan fingerprint density at radius 2 is 1.79 bits per heavy atom. The fourth-order valence-corrected chi connectivity index (χ4v) is 2.92. The molecule has 0 aliphatic carbocycles. The molecule has 0 aromatic heterocycles. The third kappa shape index (κ3) is 4.65. The molecule has 2 aromatic rings. The topological polar surface area (TPSA) is 50.4 Å². The summed E-state index contributed by atoms with van der Waals surface area (Å²) in [5.74, 6) is 0.497. The highest BCUT2D eigenvalue weighted by Gasteiger charge is 2.09. The predicted octanol–water partition coefficient (Wildman–Crippen LogP) is 4.71. The minimum absolute atomic E-state index is 0.0921. The Labute approximate surface area is 148 Å². The Hall–Kier alpha value is -2.20. The second-order valence-corrected chi connectivity index (χ2v) is 6.28. The van der Waals surface area contributed by atoms with Gasteiger partial charge in [-0.25, -0.2) is 0 Å². The van der Waals surface area contributed by atoms with Gasteiger partial charge in [0.15, 0.2) is 0 Å². The molecule has 0 aliphatic rings. The van der Waals surface area contributed by atoms with Crippen LogP contribution in [0.15, 0.2) is 30.3 Å². The largest absolute Gasteiger partial charge is 0.495 e. The molecule has 0 spiro atoms. The normalized spacial score (nSPS) is 10.4. The second-order valence-electron chi connectivity index (χ2n) is 5.84. The summed E-state index contributed by atoms with van der Waals surface area (Å²) in [4.78, 5) is 12.2. The van der Waals surface area contributed by atoms with E-state index in [2.05, 4.69) is 43.5 Å². The zero-order chi connectivity index (χ0) is 17.7. The number of anilines is 2. The van der Waals surface area contributed by atoms with Crippen molar-refractivity contribution in [1.29, 1.82) is 0 Å². The third-order valence-corrected chi connectivity index (χ3v) is 4.00. The zero-order valence-corrected chi connectivity index (χ0v) is 15.3. The summed E-state index contributed by atoms with van der Waals surface area (Å²) in [6.07, 6.45) is 0.350. The molecule has 0 saturated heterocycles. The highest BCUT2D eigenvalue weighted by atomic mass is 35.5. The van der Waals surface area contributed by atoms with Crippen LogP contribution in [-0.4, -0.2) is 19.6 Å². The van der Waals surface area contributed by atoms with E-state index in [9.17, 15) is 4.79 Å². The number of ether oxygens (including phenoxy) is 1. The van der Waals surface area contributed by atoms with E-state index in [0.29, 0.717) is 29.4 Å². The summed E-state index contributed by atoms with van der Waals surface area (Å²) >= 11 is 5.97. The SMILES string of the molecule is COc1ccc(Cl)cc1NC(=O)CCNc1c(C)cc(C)cc1C. The summed E-state index contributed by atoms with van der Waals surface area (Å²) in [7, 11) is 1.56. The minimum Gasteiger partial charge on any atom is -0.495 e. The van der Waals surface area contributed by atoms with Gasteiger partial charge in [-0.3, -0.25) is 4.79 Å². The van der Waals surface area contributed by atoms with Crippen LogP contribution in [0.25, 0.3) is 0 Å². The van der Waals surface area contributed by atoms with Crippen LogP contribution in [0.4, 0.5) is 11.4 Å². The van der Waals surface area contributed by atoms with Gasteiger partial charge >= 0.3 is 0 Å². The van der Waals surface area contributed by atoms with Gasteiger partial charge in [0.05, 0.1) is 12.8 Å². The van der Waals surface area contributed by atoms with Crippen molar-refractivity contribution >= 4 is 28.9 Å². The van der Waals surface area contributed by atoms with Gasteiger partial charge in [0, 0.05) is 23.7 Å². The summed E-state index contributed by atoms with van der Waals surface area (Å²) in [6, 6.07) is 9.40. The van der Waals surface area contributed by atoms with E-state index >= 15 is 0 Å². The van der Waals surface area contributed by atoms with Crippen LogP contribution in [0.1, 0.15) is 23.1 Å². The highest BCUT2D eigenvalue weighted by Crippen LogP contribution is 2.27. The second kappa shape index (κ2) is 8.06. The van der Waals surface area contributed by atoms with Gasteiger partial charge in [0.25, 0.3) is 0 Å². The predicted molar refractivity (Wildman–Crippen MR) is 100 cm³/mol. The lowest BCUT2D eigenvalue weighted by Gasteiger charge is -2.14. The number of halogens is 1. The standard InChI is InChI=1S/C19H23ClN2O2/c1-12-9-13(2)19(14(3)10-12)21-8-7-18(23)22-16-11-15(20)5-6-17(16)24-4/h5-6,9-11,21H,7-8H2,1-4H3,(H,22,23). The maximum atomic E-state index is 12.2. The van der Waals surface area contributed by atoms with Crippen LogP contribution >= 0.6 is 11.6 Å². The average molecular weight is 347 g/mol. The molecule has 2 N–H and O–H groups in total. The molecule has 0 saturated carbocycles. The van der Waals surface area contributed by atoms with Crippen LogP contribution < -0.4 is 15.4 Å². The third-order valence-electron chi connectivity index (χ3n) is 3.77. The molecule has 4 nitrogen and oxygen atoms in total. The van der Waals surface area contributed by atoms with Gasteiger partial charge in [0.1, 0.15) is 5.75 Å². The van der Waals surface area contributed by atoms with Gasteiger partial charge in [-0.1, -0.05) is 29.3 Å². The van der Waals surface area contributed by atoms with E-state index in [1.807, 2.05) is 0 Å². The number of amides is 1. The van der Waals surface area contributed by atoms with Gasteiger partial charge in [-0.15, -0.1) is 0 Å². The molecule has 24 heavy (non-hydrogen) atoms. The van der Waals surface area contributed by atoms with Crippen molar-refractivity contribution in [3.8, 4) is 5.75 Å². The quantitative estimate of drug-likeness (QED) is 0.796. The molecule has 5 heteroatoms. The van der Waals surface area contributed by atoms with Crippen LogP contribution in [0.3, 0.4) is 0 Å². The molecular formula is C19H23ClN2O2. The number of carbonyl (C=O) groups excluding carboxylic acids is 1. The summed E-state index contributed by atoms with van der Waals surface area (Å²) in [5, 5.41) is 6.74. The molecule has 0 radical (unpaired) electrons. The number of hydrogen-bond acceptors (Lipinski definition) is 3. The van der Waals surface area contributed by atoms with Crippen molar-refractivity contribution < 1.29 is 9.53 Å². The molecule has 0 atom stereocenters. The van der Waals surface area contributed by atoms with E-state index < -0.39 is 0 Å². The minimum atomic E-state index is -0.0921. The zero-order valence-electron chi connectivity index (χ0n) is 14.5. The molecule has 1 amide bonds. The molecule has 128 valence electrons. The molecule has 0 aliphatic heterocycles. The Kier molecular flexibility index (Phi) is 6.10. The van der Waals surface area contributed by atoms with Crippen LogP contribution in [0.5, 0.6) is 5.75 Å². The lowest BCUT2D eigenvalue weighted by atomic mass is 10.1. The van der Waals surface area contributed by atoms with Gasteiger partial charge in [-0.05, 0) is 50.1 Å². The fourth-order valence-electron chi connectivity index (χ4n) is 2.75. The van der Waals surface area contributed by atoms with Gasteiger partial charge in [-0.2, -0.15) is 0 Å². The number of carbonyl (C=O) groups is 1. The first kappa shape index (κ1) is 18.1. The number of methoxy groups -OCH3 is 1. The first-order chi connectivity index (χ1) is 11.4. The van der Waals surface area contributed by atoms with Crippen molar-refractivity contribution in [2.75, 3.05) is 24.3 Å². The Balaban J connectivity index is 1.94. The van der Waals surface area contributed by atoms with E-state index in [4.69, 9.17) is 16.3 Å². The van der Waals surface area contributed by atoms with Crippen LogP contribution in [0, 0.1) is 20.8 Å². The van der Waals surface area contributed by atoms with E-state index in [1.165, 1.54) is 16.7 Å². The average Bonchev–Trinajstić information content (AvgIpc) is 2.50. The Bertz CT molecular complexity index is 721. The molecule has 0 heterocycles. The summed E-state index contributed by atoms with van der Waals surface area (Å²) in [6.45, 7) is 6.77. The number of benzene rings is 2. The number of rotatable bonds is 6. The van der Waals surface area contributed by atoms with E-state index in [-0.39, 0.29) is 5.91 Å². The monoisotopic (exact) mass is 346 g/mol. The van der Waals surface area contributed by atoms with Crippen molar-refractivity contribution in [3.63, 3.8) is 0 Å². The molecule has 2 aromatic carbocycles. The molecule has 0 unspecified atom stereocenters. The molecule has 0 fully saturated rings. The molecular weight excluding hydrogens is 324 g/mol. The van der Waals surface area contributed by atoms with E-state index in [1.54, 1.807) is 25.3 Å². The number of aryl methyl sites for hydroxylation is 3. The van der Waals surface area contributed by atoms with Crippen LogP contribution in [-0.2, 0) is 4.79 Å². The maximum absolute atomic E-state index is 12.2. The maximum Gasteiger partial charge on any atom is 0.226 e. The fraction of sp³-hybridized carbons (Fsp3) is 0.316. The number of hydrogen-bond donors (Lipinski definition) is 2. The van der Waals surface area contributed by atoms with Crippen molar-refractivity contribution in [3.05, 3.63) is 52.0 Å². The van der Waals surface area contributed by atoms with E-state index in [0.717, 1.165) is 5.69 Å². The van der Waals surface area contributed by atoms with Crippen molar-refractivity contribution in [2.45, 2.75) is 27.2 Å². The lowest BCUT2D eigenvalue weighted by molar-refractivity contribution is -0.116. The van der Waals surface area contributed by atoms with Crippen molar-refractivity contribution in [2.24, 2.45) is 0 Å². The molecule has 0 bridgehead atoms.